The Hall–Kier alpha value is -3.17. The molecule has 0 fully saturated rings. The molecule has 3 aromatic rings. The molecule has 1 aromatic heterocycles. The van der Waals surface area contributed by atoms with Crippen LogP contribution >= 0.6 is 23.2 Å². The number of benzene rings is 2. The zero-order valence-electron chi connectivity index (χ0n) is 16.2. The monoisotopic (exact) mass is 485 g/mol. The molecule has 0 unspecified atom stereocenters. The molecular weight excluding hydrogens is 470 g/mol. The van der Waals surface area contributed by atoms with Gasteiger partial charge in [-0.15, -0.1) is 13.2 Å². The van der Waals surface area contributed by atoms with Crippen LogP contribution in [0, 0.1) is 0 Å². The van der Waals surface area contributed by atoms with Gasteiger partial charge in [-0.05, 0) is 24.3 Å². The Morgan fingerprint density at radius 1 is 1.06 bits per heavy atom. The highest BCUT2D eigenvalue weighted by molar-refractivity contribution is 6.35. The smallest absolute Gasteiger partial charge is 0.485 e. The van der Waals surface area contributed by atoms with Gasteiger partial charge >= 0.3 is 6.36 Å². The van der Waals surface area contributed by atoms with Crippen molar-refractivity contribution in [3.63, 3.8) is 0 Å². The maximum absolute atomic E-state index is 12.6. The third-order valence-electron chi connectivity index (χ3n) is 4.22. The van der Waals surface area contributed by atoms with E-state index < -0.39 is 18.0 Å². The average molecular weight is 486 g/mol. The molecule has 32 heavy (non-hydrogen) atoms. The summed E-state index contributed by atoms with van der Waals surface area (Å²) in [6, 6.07) is 11.8. The number of amides is 1. The van der Waals surface area contributed by atoms with E-state index in [0.717, 1.165) is 6.07 Å². The number of anilines is 1. The van der Waals surface area contributed by atoms with Crippen LogP contribution in [0.5, 0.6) is 11.5 Å². The largest absolute Gasteiger partial charge is 0.573 e. The average Bonchev–Trinajstić information content (AvgIpc) is 2.72. The highest BCUT2D eigenvalue weighted by atomic mass is 35.5. The van der Waals surface area contributed by atoms with Gasteiger partial charge in [-0.1, -0.05) is 47.5 Å². The van der Waals surface area contributed by atoms with Gasteiger partial charge in [0, 0.05) is 33.9 Å². The molecule has 0 aliphatic heterocycles. The van der Waals surface area contributed by atoms with Gasteiger partial charge in [0.05, 0.1) is 5.56 Å². The van der Waals surface area contributed by atoms with Crippen LogP contribution in [-0.2, 0) is 13.2 Å². The molecule has 0 aliphatic rings. The number of aromatic nitrogens is 1. The number of rotatable bonds is 7. The first-order chi connectivity index (χ1) is 15.1. The highest BCUT2D eigenvalue weighted by Crippen LogP contribution is 2.28. The van der Waals surface area contributed by atoms with E-state index in [-0.39, 0.29) is 35.8 Å². The molecule has 0 atom stereocenters. The van der Waals surface area contributed by atoms with Gasteiger partial charge in [0.2, 0.25) is 0 Å². The van der Waals surface area contributed by atoms with Gasteiger partial charge in [-0.25, -0.2) is 4.98 Å². The Labute approximate surface area is 191 Å². The van der Waals surface area contributed by atoms with E-state index in [1.165, 1.54) is 30.5 Å². The van der Waals surface area contributed by atoms with E-state index >= 15 is 0 Å². The predicted molar refractivity (Wildman–Crippen MR) is 114 cm³/mol. The number of carbonyl (C=O) groups excluding carboxylic acids is 1. The first-order valence-corrected chi connectivity index (χ1v) is 9.82. The molecule has 3 N–H and O–H groups in total. The second kappa shape index (κ2) is 9.97. The fourth-order valence-corrected chi connectivity index (χ4v) is 3.17. The maximum atomic E-state index is 12.6. The number of hydrogen-bond acceptors (Lipinski definition) is 5. The predicted octanol–water partition coefficient (Wildman–Crippen LogP) is 5.38. The number of nitrogens with zero attached hydrogens (tertiary/aromatic N) is 1. The van der Waals surface area contributed by atoms with Gasteiger partial charge in [-0.3, -0.25) is 4.79 Å². The number of halogens is 5. The topological polar surface area (TPSA) is 86.5 Å². The lowest BCUT2D eigenvalue weighted by atomic mass is 10.2. The Balaban J connectivity index is 1.70. The fourth-order valence-electron chi connectivity index (χ4n) is 2.67. The summed E-state index contributed by atoms with van der Waals surface area (Å²) in [4.78, 5) is 16.4. The van der Waals surface area contributed by atoms with Crippen molar-refractivity contribution in [2.45, 2.75) is 19.5 Å². The van der Waals surface area contributed by atoms with Crippen molar-refractivity contribution in [1.82, 2.24) is 10.3 Å². The van der Waals surface area contributed by atoms with Gasteiger partial charge in [0.25, 0.3) is 5.91 Å². The second-order valence-electron chi connectivity index (χ2n) is 6.43. The number of para-hydroxylation sites is 1. The molecule has 0 radical (unpaired) electrons. The lowest BCUT2D eigenvalue weighted by Gasteiger charge is -2.14. The number of nitrogen functional groups attached to an aromatic ring is 1. The zero-order valence-corrected chi connectivity index (χ0v) is 17.8. The molecule has 1 heterocycles. The van der Waals surface area contributed by atoms with Crippen LogP contribution in [-0.4, -0.2) is 17.3 Å². The van der Waals surface area contributed by atoms with Crippen LogP contribution in [0.1, 0.15) is 21.5 Å². The number of nitrogens with two attached hydrogens (primary N) is 1. The van der Waals surface area contributed by atoms with E-state index in [1.807, 2.05) is 0 Å². The summed E-state index contributed by atoms with van der Waals surface area (Å²) in [7, 11) is 0. The lowest BCUT2D eigenvalue weighted by molar-refractivity contribution is -0.274. The Bertz CT molecular complexity index is 1110. The number of carbonyl (C=O) groups is 1. The Kier molecular flexibility index (Phi) is 7.32. The zero-order chi connectivity index (χ0) is 23.3. The van der Waals surface area contributed by atoms with Crippen LogP contribution in [0.4, 0.5) is 19.0 Å². The lowest BCUT2D eigenvalue weighted by Crippen LogP contribution is -2.24. The molecular formula is C21H16Cl2F3N3O3. The van der Waals surface area contributed by atoms with E-state index in [9.17, 15) is 18.0 Å². The second-order valence-corrected chi connectivity index (χ2v) is 7.25. The van der Waals surface area contributed by atoms with Crippen molar-refractivity contribution < 1.29 is 27.4 Å². The van der Waals surface area contributed by atoms with Crippen molar-refractivity contribution in [1.29, 1.82) is 0 Å². The van der Waals surface area contributed by atoms with Crippen LogP contribution in [0.2, 0.25) is 10.0 Å². The molecule has 1 amide bonds. The van der Waals surface area contributed by atoms with Crippen LogP contribution in [0.3, 0.4) is 0 Å². The molecule has 0 bridgehead atoms. The van der Waals surface area contributed by atoms with E-state index in [0.29, 0.717) is 15.6 Å². The van der Waals surface area contributed by atoms with Crippen molar-refractivity contribution in [3.8, 4) is 11.5 Å². The molecule has 168 valence electrons. The standard InChI is InChI=1S/C21H16Cl2F3N3O3/c22-15-5-3-6-16(23)14(15)11-31-18-8-13(10-28-19(18)27)20(30)29-9-12-4-1-2-7-17(12)32-21(24,25)26/h1-8,10H,9,11H2,(H2,27,28)(H,29,30). The number of alkyl halides is 3. The number of pyridine rings is 1. The molecule has 0 saturated heterocycles. The molecule has 0 saturated carbocycles. The first kappa shape index (κ1) is 23.5. The normalized spacial score (nSPS) is 11.2. The van der Waals surface area contributed by atoms with Crippen molar-refractivity contribution in [2.24, 2.45) is 0 Å². The van der Waals surface area contributed by atoms with Crippen molar-refractivity contribution in [2.75, 3.05) is 5.73 Å². The number of hydrogen-bond donors (Lipinski definition) is 2. The summed E-state index contributed by atoms with van der Waals surface area (Å²) in [5.41, 5.74) is 6.59. The minimum atomic E-state index is -4.85. The summed E-state index contributed by atoms with van der Waals surface area (Å²) in [6.07, 6.45) is -3.63. The summed E-state index contributed by atoms with van der Waals surface area (Å²) < 4.78 is 47.3. The molecule has 11 heteroatoms. The fraction of sp³-hybridized carbons (Fsp3) is 0.143. The van der Waals surface area contributed by atoms with Gasteiger partial charge < -0.3 is 20.5 Å². The molecule has 0 aliphatic carbocycles. The van der Waals surface area contributed by atoms with E-state index in [1.54, 1.807) is 18.2 Å². The van der Waals surface area contributed by atoms with Crippen LogP contribution in [0.15, 0.2) is 54.7 Å². The van der Waals surface area contributed by atoms with Gasteiger partial charge in [0.1, 0.15) is 12.4 Å². The van der Waals surface area contributed by atoms with E-state index in [4.69, 9.17) is 33.7 Å². The van der Waals surface area contributed by atoms with E-state index in [2.05, 4.69) is 15.0 Å². The van der Waals surface area contributed by atoms with Crippen LogP contribution in [0.25, 0.3) is 0 Å². The maximum Gasteiger partial charge on any atom is 0.573 e. The SMILES string of the molecule is Nc1ncc(C(=O)NCc2ccccc2OC(F)(F)F)cc1OCc1c(Cl)cccc1Cl. The third kappa shape index (κ3) is 6.18. The van der Waals surface area contributed by atoms with Crippen LogP contribution < -0.4 is 20.5 Å². The Morgan fingerprint density at radius 2 is 1.75 bits per heavy atom. The first-order valence-electron chi connectivity index (χ1n) is 9.07. The number of nitrogens with one attached hydrogen (secondary N) is 1. The summed E-state index contributed by atoms with van der Waals surface area (Å²) >= 11 is 12.2. The Morgan fingerprint density at radius 3 is 2.44 bits per heavy atom. The van der Waals surface area contributed by atoms with Gasteiger partial charge in [-0.2, -0.15) is 0 Å². The summed E-state index contributed by atoms with van der Waals surface area (Å²) in [5.74, 6) is -0.848. The van der Waals surface area contributed by atoms with Gasteiger partial charge in [0.15, 0.2) is 11.6 Å². The van der Waals surface area contributed by atoms with Crippen molar-refractivity contribution in [3.05, 3.63) is 81.5 Å². The molecule has 6 nitrogen and oxygen atoms in total. The summed E-state index contributed by atoms with van der Waals surface area (Å²) in [5, 5.41) is 3.32. The molecule has 0 spiro atoms. The third-order valence-corrected chi connectivity index (χ3v) is 4.92. The summed E-state index contributed by atoms with van der Waals surface area (Å²) in [6.45, 7) is -0.224. The van der Waals surface area contributed by atoms with Crippen molar-refractivity contribution >= 4 is 34.9 Å². The minimum Gasteiger partial charge on any atom is -0.485 e. The molecule has 3 rings (SSSR count). The highest BCUT2D eigenvalue weighted by Gasteiger charge is 2.32. The quantitative estimate of drug-likeness (QED) is 0.469. The minimum absolute atomic E-state index is 0.0163. The molecule has 2 aromatic carbocycles. The number of ether oxygens (including phenoxy) is 2.